The summed E-state index contributed by atoms with van der Waals surface area (Å²) in [5.41, 5.74) is 21.3. The van der Waals surface area contributed by atoms with Crippen LogP contribution in [0.25, 0.3) is 0 Å². The van der Waals surface area contributed by atoms with E-state index in [0.717, 1.165) is 0 Å². The maximum atomic E-state index is 14.0. The summed E-state index contributed by atoms with van der Waals surface area (Å²) in [5.74, 6) is -4.95. The van der Waals surface area contributed by atoms with Crippen LogP contribution < -0.4 is 38.9 Å². The van der Waals surface area contributed by atoms with Crippen molar-refractivity contribution in [1.29, 1.82) is 0 Å². The summed E-state index contributed by atoms with van der Waals surface area (Å²) in [6.45, 7) is 0.981. The summed E-state index contributed by atoms with van der Waals surface area (Å²) >= 11 is 0. The summed E-state index contributed by atoms with van der Waals surface area (Å²) in [5, 5.41) is 51.5. The largest absolute Gasteiger partial charge is 0.467 e. The van der Waals surface area contributed by atoms with Crippen molar-refractivity contribution in [2.24, 2.45) is 22.9 Å². The first-order valence-electron chi connectivity index (χ1n) is 14.7. The van der Waals surface area contributed by atoms with Gasteiger partial charge in [-0.1, -0.05) is 0 Å². The average Bonchev–Trinajstić information content (AvgIpc) is 2.98. The van der Waals surface area contributed by atoms with E-state index in [-0.39, 0.29) is 25.6 Å². The lowest BCUT2D eigenvalue weighted by Crippen LogP contribution is -2.70. The minimum Gasteiger partial charge on any atom is -0.467 e. The van der Waals surface area contributed by atoms with E-state index < -0.39 is 85.2 Å². The van der Waals surface area contributed by atoms with Gasteiger partial charge in [-0.2, -0.15) is 0 Å². The molecule has 1 aliphatic carbocycles. The van der Waals surface area contributed by atoms with E-state index in [4.69, 9.17) is 41.9 Å². The highest BCUT2D eigenvalue weighted by atomic mass is 19.3. The SMILES string of the molecule is CN[C@@H]1[C@@H](O)[C@@H](O[C@H]2[C@H](NC(=O)C(O)C(F)(F)CN)C[C@H](N)C(O[C@H]3OC(CN)=CC[C@H]3NCCCN)[C@@H]2O)OC[C@]1(C)O. The number of nitrogens with two attached hydrogens (primary N) is 4. The molecule has 2 unspecified atom stereocenters. The fourth-order valence-electron chi connectivity index (χ4n) is 5.65. The number of likely N-dealkylation sites (N-methyl/N-ethyl adjacent to an activating group) is 1. The number of amides is 1. The monoisotopic (exact) mass is 641 g/mol. The molecule has 0 spiro atoms. The van der Waals surface area contributed by atoms with Crippen LogP contribution in [0.3, 0.4) is 0 Å². The first kappa shape index (κ1) is 36.8. The van der Waals surface area contributed by atoms with Gasteiger partial charge in [-0.25, -0.2) is 8.78 Å². The molecule has 2 fully saturated rings. The Hall–Kier alpha value is -1.65. The highest BCUT2D eigenvalue weighted by Gasteiger charge is 2.53. The number of aliphatic hydroxyl groups excluding tert-OH is 3. The second-order valence-corrected chi connectivity index (χ2v) is 11.7. The van der Waals surface area contributed by atoms with E-state index in [2.05, 4.69) is 16.0 Å². The second kappa shape index (κ2) is 15.8. The summed E-state index contributed by atoms with van der Waals surface area (Å²) in [6, 6.07) is -3.55. The van der Waals surface area contributed by atoms with Gasteiger partial charge in [-0.15, -0.1) is 0 Å². The fourth-order valence-corrected chi connectivity index (χ4v) is 5.65. The molecule has 2 heterocycles. The molecule has 15 N–H and O–H groups in total. The van der Waals surface area contributed by atoms with E-state index in [1.807, 2.05) is 6.08 Å². The van der Waals surface area contributed by atoms with Gasteiger partial charge in [0.25, 0.3) is 11.8 Å². The Bertz CT molecular complexity index is 969. The van der Waals surface area contributed by atoms with Gasteiger partial charge in [0, 0.05) is 6.04 Å². The highest BCUT2D eigenvalue weighted by molar-refractivity contribution is 5.82. The lowest BCUT2D eigenvalue weighted by molar-refractivity contribution is -0.304. The van der Waals surface area contributed by atoms with E-state index in [1.165, 1.54) is 14.0 Å². The molecule has 3 rings (SSSR count). The Morgan fingerprint density at radius 2 is 1.86 bits per heavy atom. The molecule has 44 heavy (non-hydrogen) atoms. The number of ether oxygens (including phenoxy) is 4. The molecule has 1 saturated heterocycles. The van der Waals surface area contributed by atoms with Crippen molar-refractivity contribution < 1.29 is 52.9 Å². The number of aliphatic hydroxyl groups is 4. The molecule has 0 radical (unpaired) electrons. The number of rotatable bonds is 14. The van der Waals surface area contributed by atoms with Crippen molar-refractivity contribution >= 4 is 5.91 Å². The van der Waals surface area contributed by atoms with Gasteiger partial charge in [0.2, 0.25) is 6.29 Å². The highest BCUT2D eigenvalue weighted by Crippen LogP contribution is 2.32. The smallest absolute Gasteiger partial charge is 0.294 e. The quantitative estimate of drug-likeness (QED) is 0.0795. The van der Waals surface area contributed by atoms with Gasteiger partial charge in [-0.3, -0.25) is 4.79 Å². The van der Waals surface area contributed by atoms with Crippen LogP contribution in [0.15, 0.2) is 11.8 Å². The number of alkyl halides is 2. The van der Waals surface area contributed by atoms with Gasteiger partial charge in [0.15, 0.2) is 12.4 Å². The zero-order chi connectivity index (χ0) is 32.8. The summed E-state index contributed by atoms with van der Waals surface area (Å²) in [7, 11) is 1.51. The number of hydrogen-bond donors (Lipinski definition) is 11. The second-order valence-electron chi connectivity index (χ2n) is 11.7. The van der Waals surface area contributed by atoms with E-state index in [1.54, 1.807) is 0 Å². The third-order valence-corrected chi connectivity index (χ3v) is 8.17. The normalized spacial score (nSPS) is 38.9. The van der Waals surface area contributed by atoms with Crippen LogP contribution in [0.4, 0.5) is 8.78 Å². The van der Waals surface area contributed by atoms with E-state index in [9.17, 15) is 34.0 Å². The maximum Gasteiger partial charge on any atom is 0.294 e. The minimum absolute atomic E-state index is 0.0948. The molecule has 12 atom stereocenters. The molecule has 16 nitrogen and oxygen atoms in total. The van der Waals surface area contributed by atoms with Gasteiger partial charge in [0.1, 0.15) is 35.8 Å². The Balaban J connectivity index is 1.87. The van der Waals surface area contributed by atoms with Crippen LogP contribution in [0.2, 0.25) is 0 Å². The van der Waals surface area contributed by atoms with Crippen LogP contribution in [-0.2, 0) is 23.7 Å². The third kappa shape index (κ3) is 8.58. The molecule has 256 valence electrons. The average molecular weight is 642 g/mol. The maximum absolute atomic E-state index is 14.0. The van der Waals surface area contributed by atoms with Crippen molar-refractivity contribution in [2.75, 3.05) is 39.8 Å². The zero-order valence-electron chi connectivity index (χ0n) is 25.0. The number of carbonyl (C=O) groups is 1. The molecule has 2 aliphatic heterocycles. The molecular formula is C26H49F2N7O9. The van der Waals surface area contributed by atoms with Crippen LogP contribution >= 0.6 is 0 Å². The van der Waals surface area contributed by atoms with Crippen molar-refractivity contribution in [3.8, 4) is 0 Å². The number of hydrogen-bond acceptors (Lipinski definition) is 15. The number of nitrogens with one attached hydrogen (secondary N) is 3. The van der Waals surface area contributed by atoms with Crippen molar-refractivity contribution in [2.45, 2.75) is 105 Å². The van der Waals surface area contributed by atoms with E-state index in [0.29, 0.717) is 31.7 Å². The topological polar surface area (TPSA) is 275 Å². The Labute approximate surface area is 254 Å². The van der Waals surface area contributed by atoms with Crippen LogP contribution in [0, 0.1) is 0 Å². The van der Waals surface area contributed by atoms with E-state index >= 15 is 0 Å². The molecular weight excluding hydrogens is 592 g/mol. The van der Waals surface area contributed by atoms with Crippen molar-refractivity contribution in [1.82, 2.24) is 16.0 Å². The first-order valence-corrected chi connectivity index (χ1v) is 14.7. The van der Waals surface area contributed by atoms with Gasteiger partial charge in [-0.05, 0) is 52.4 Å². The van der Waals surface area contributed by atoms with Gasteiger partial charge < -0.3 is 78.3 Å². The Morgan fingerprint density at radius 1 is 1.18 bits per heavy atom. The van der Waals surface area contributed by atoms with Crippen molar-refractivity contribution in [3.05, 3.63) is 11.8 Å². The molecule has 0 aromatic heterocycles. The fraction of sp³-hybridized carbons (Fsp3) is 0.885. The Morgan fingerprint density at radius 3 is 2.48 bits per heavy atom. The molecule has 3 aliphatic rings. The molecule has 0 aromatic carbocycles. The minimum atomic E-state index is -3.94. The summed E-state index contributed by atoms with van der Waals surface area (Å²) < 4.78 is 51.7. The predicted octanol–water partition coefficient (Wildman–Crippen LogP) is -4.76. The number of halogens is 2. The molecule has 18 heteroatoms. The summed E-state index contributed by atoms with van der Waals surface area (Å²) in [6.07, 6.45) is -8.15. The lowest BCUT2D eigenvalue weighted by atomic mass is 9.83. The predicted molar refractivity (Wildman–Crippen MR) is 152 cm³/mol. The molecule has 1 saturated carbocycles. The number of carbonyl (C=O) groups excluding carboxylic acids is 1. The van der Waals surface area contributed by atoms with Crippen LogP contribution in [-0.4, -0.2) is 145 Å². The van der Waals surface area contributed by atoms with Crippen LogP contribution in [0.5, 0.6) is 0 Å². The molecule has 1 amide bonds. The standard InChI is InChI=1S/C26H49F2N7O9/c1-25(40)11-41-24(17(37)20(25)33-2)44-19-15(35-22(39)21(38)26(27,28)10-31)8-13(32)18(16(19)36)43-23-14(34-7-3-6-29)5-4-12(9-30)42-23/h4,13-21,23-24,33-34,36-38,40H,3,5-11,29-32H2,1-2H3,(H,35,39)/t13-,14+,15+,16-,17+,18?,19-,20+,21?,23+,24+,25-/m0/s1. The first-order chi connectivity index (χ1) is 20.7. The van der Waals surface area contributed by atoms with Gasteiger partial charge in [0.05, 0.1) is 37.8 Å². The lowest BCUT2D eigenvalue weighted by Gasteiger charge is -2.49. The summed E-state index contributed by atoms with van der Waals surface area (Å²) in [4.78, 5) is 12.7. The van der Waals surface area contributed by atoms with Gasteiger partial charge >= 0.3 is 0 Å². The Kier molecular flexibility index (Phi) is 13.2. The molecule has 0 bridgehead atoms. The van der Waals surface area contributed by atoms with Crippen molar-refractivity contribution in [3.63, 3.8) is 0 Å². The zero-order valence-corrected chi connectivity index (χ0v) is 25.0. The molecule has 0 aromatic rings. The third-order valence-electron chi connectivity index (χ3n) is 8.17. The van der Waals surface area contributed by atoms with Crippen LogP contribution in [0.1, 0.15) is 26.2 Å².